The number of hydrogen-bond donors (Lipinski definition) is 1. The lowest BCUT2D eigenvalue weighted by atomic mass is 9.94. The number of thiazole rings is 1. The van der Waals surface area contributed by atoms with Crippen LogP contribution in [0, 0.1) is 12.7 Å². The first-order chi connectivity index (χ1) is 18.3. The lowest BCUT2D eigenvalue weighted by molar-refractivity contribution is -0.132. The average Bonchev–Trinajstić information content (AvgIpc) is 3.45. The number of nitrogens with zero attached hydrogens (tertiary/aromatic N) is 2. The molecule has 1 amide bonds. The van der Waals surface area contributed by atoms with Crippen molar-refractivity contribution in [3.63, 3.8) is 0 Å². The number of ether oxygens (including phenoxy) is 3. The van der Waals surface area contributed by atoms with E-state index in [1.165, 1.54) is 44.4 Å². The molecule has 1 N–H and O–H groups in total. The maximum atomic E-state index is 13.9. The summed E-state index contributed by atoms with van der Waals surface area (Å²) in [5.41, 5.74) is 2.09. The fourth-order valence-corrected chi connectivity index (χ4v) is 5.48. The first-order valence-corrected chi connectivity index (χ1v) is 12.3. The molecule has 3 aromatic carbocycles. The molecule has 1 fully saturated rings. The van der Waals surface area contributed by atoms with E-state index in [1.54, 1.807) is 36.4 Å². The zero-order valence-electron chi connectivity index (χ0n) is 20.9. The van der Waals surface area contributed by atoms with Crippen molar-refractivity contribution in [2.24, 2.45) is 0 Å². The maximum Gasteiger partial charge on any atom is 0.301 e. The van der Waals surface area contributed by atoms with Crippen molar-refractivity contribution in [1.29, 1.82) is 0 Å². The van der Waals surface area contributed by atoms with E-state index in [2.05, 4.69) is 4.98 Å². The molecule has 0 aliphatic carbocycles. The predicted octanol–water partition coefficient (Wildman–Crippen LogP) is 5.40. The Bertz CT molecular complexity index is 1590. The average molecular weight is 535 g/mol. The SMILES string of the molecule is COc1cc([C@@H]2C(=C(O)c3ccc(C)cc3)C(=O)C(=O)N2c2nc3ccc(F)cc3s2)cc(OC)c1OC. The molecule has 194 valence electrons. The molecule has 1 aliphatic heterocycles. The van der Waals surface area contributed by atoms with Crippen LogP contribution in [0.25, 0.3) is 16.0 Å². The molecule has 10 heteroatoms. The minimum Gasteiger partial charge on any atom is -0.507 e. The third-order valence-electron chi connectivity index (χ3n) is 6.32. The number of aliphatic hydroxyl groups excluding tert-OH is 1. The van der Waals surface area contributed by atoms with Gasteiger partial charge in [0, 0.05) is 5.56 Å². The van der Waals surface area contributed by atoms with Crippen molar-refractivity contribution < 1.29 is 33.3 Å². The van der Waals surface area contributed by atoms with Gasteiger partial charge in [-0.2, -0.15) is 0 Å². The van der Waals surface area contributed by atoms with E-state index in [4.69, 9.17) is 14.2 Å². The molecule has 5 rings (SSSR count). The van der Waals surface area contributed by atoms with Gasteiger partial charge in [-0.05, 0) is 42.8 Å². The van der Waals surface area contributed by atoms with Crippen molar-refractivity contribution in [2.75, 3.05) is 26.2 Å². The number of rotatable bonds is 6. The van der Waals surface area contributed by atoms with Gasteiger partial charge in [-0.25, -0.2) is 9.37 Å². The monoisotopic (exact) mass is 534 g/mol. The highest BCUT2D eigenvalue weighted by Crippen LogP contribution is 2.48. The Hall–Kier alpha value is -4.44. The van der Waals surface area contributed by atoms with E-state index < -0.39 is 23.5 Å². The van der Waals surface area contributed by atoms with Crippen molar-refractivity contribution in [3.8, 4) is 17.2 Å². The van der Waals surface area contributed by atoms with Crippen LogP contribution in [0.4, 0.5) is 9.52 Å². The zero-order valence-corrected chi connectivity index (χ0v) is 21.8. The van der Waals surface area contributed by atoms with E-state index >= 15 is 0 Å². The number of carbonyl (C=O) groups excluding carboxylic acids is 2. The Kier molecular flexibility index (Phi) is 6.50. The Morgan fingerprint density at radius 2 is 1.63 bits per heavy atom. The normalized spacial score (nSPS) is 16.8. The predicted molar refractivity (Wildman–Crippen MR) is 142 cm³/mol. The summed E-state index contributed by atoms with van der Waals surface area (Å²) in [5, 5.41) is 11.5. The van der Waals surface area contributed by atoms with Gasteiger partial charge in [0.2, 0.25) is 5.75 Å². The van der Waals surface area contributed by atoms with Crippen LogP contribution in [-0.2, 0) is 9.59 Å². The third-order valence-corrected chi connectivity index (χ3v) is 7.33. The Labute approximate surface area is 221 Å². The number of ketones is 1. The topological polar surface area (TPSA) is 98.2 Å². The van der Waals surface area contributed by atoms with Crippen LogP contribution in [0.2, 0.25) is 0 Å². The van der Waals surface area contributed by atoms with Gasteiger partial charge in [-0.15, -0.1) is 0 Å². The molecule has 0 bridgehead atoms. The lowest BCUT2D eigenvalue weighted by Gasteiger charge is -2.24. The highest BCUT2D eigenvalue weighted by molar-refractivity contribution is 7.22. The van der Waals surface area contributed by atoms with E-state index in [9.17, 15) is 19.1 Å². The van der Waals surface area contributed by atoms with Crippen LogP contribution >= 0.6 is 11.3 Å². The highest BCUT2D eigenvalue weighted by Gasteiger charge is 2.48. The van der Waals surface area contributed by atoms with Crippen LogP contribution in [0.5, 0.6) is 17.2 Å². The van der Waals surface area contributed by atoms with E-state index in [-0.39, 0.29) is 16.5 Å². The molecule has 38 heavy (non-hydrogen) atoms. The van der Waals surface area contributed by atoms with E-state index in [0.717, 1.165) is 16.9 Å². The van der Waals surface area contributed by atoms with Gasteiger partial charge in [0.25, 0.3) is 5.78 Å². The number of aryl methyl sites for hydroxylation is 1. The van der Waals surface area contributed by atoms with Gasteiger partial charge >= 0.3 is 5.91 Å². The summed E-state index contributed by atoms with van der Waals surface area (Å²) in [7, 11) is 4.36. The summed E-state index contributed by atoms with van der Waals surface area (Å²) >= 11 is 1.06. The summed E-state index contributed by atoms with van der Waals surface area (Å²) in [4.78, 5) is 32.7. The second-order valence-electron chi connectivity index (χ2n) is 8.60. The van der Waals surface area contributed by atoms with Gasteiger partial charge in [0.05, 0.1) is 43.2 Å². The van der Waals surface area contributed by atoms with E-state index in [0.29, 0.717) is 38.6 Å². The van der Waals surface area contributed by atoms with Crippen LogP contribution in [-0.4, -0.2) is 43.1 Å². The second kappa shape index (κ2) is 9.79. The fraction of sp³-hybridized carbons (Fsp3) is 0.179. The molecule has 1 aliphatic rings. The van der Waals surface area contributed by atoms with Crippen molar-refractivity contribution >= 4 is 44.1 Å². The number of amides is 1. The second-order valence-corrected chi connectivity index (χ2v) is 9.61. The van der Waals surface area contributed by atoms with Crippen molar-refractivity contribution in [1.82, 2.24) is 4.98 Å². The molecule has 0 spiro atoms. The molecule has 0 unspecified atom stereocenters. The highest BCUT2D eigenvalue weighted by atomic mass is 32.1. The smallest absolute Gasteiger partial charge is 0.301 e. The number of carbonyl (C=O) groups is 2. The molecular formula is C28H23FN2O6S. The molecule has 0 saturated carbocycles. The minimum absolute atomic E-state index is 0.126. The van der Waals surface area contributed by atoms with Gasteiger partial charge < -0.3 is 19.3 Å². The van der Waals surface area contributed by atoms with Gasteiger partial charge in [-0.1, -0.05) is 41.2 Å². The molecule has 1 atom stereocenters. The quantitative estimate of drug-likeness (QED) is 0.201. The van der Waals surface area contributed by atoms with Crippen LogP contribution < -0.4 is 19.1 Å². The van der Waals surface area contributed by atoms with Crippen molar-refractivity contribution in [2.45, 2.75) is 13.0 Å². The Morgan fingerprint density at radius 1 is 0.974 bits per heavy atom. The largest absolute Gasteiger partial charge is 0.507 e. The zero-order chi connectivity index (χ0) is 27.1. The first-order valence-electron chi connectivity index (χ1n) is 11.5. The minimum atomic E-state index is -1.09. The van der Waals surface area contributed by atoms with Crippen LogP contribution in [0.3, 0.4) is 0 Å². The summed E-state index contributed by atoms with van der Waals surface area (Å²) in [6, 6.07) is 13.2. The van der Waals surface area contributed by atoms with Gasteiger partial charge in [-0.3, -0.25) is 14.5 Å². The summed E-state index contributed by atoms with van der Waals surface area (Å²) in [6.07, 6.45) is 0. The molecular weight excluding hydrogens is 511 g/mol. The number of aliphatic hydroxyl groups is 1. The van der Waals surface area contributed by atoms with Gasteiger partial charge in [0.1, 0.15) is 11.6 Å². The number of anilines is 1. The molecule has 2 heterocycles. The van der Waals surface area contributed by atoms with Crippen LogP contribution in [0.1, 0.15) is 22.7 Å². The number of halogens is 1. The summed E-state index contributed by atoms with van der Waals surface area (Å²) in [5.74, 6) is -1.62. The summed E-state index contributed by atoms with van der Waals surface area (Å²) < 4.78 is 30.8. The standard InChI is InChI=1S/C28H23FN2O6S/c1-14-5-7-15(8-6-14)24(32)22-23(16-11-19(35-2)26(37-4)20(12-16)36-3)31(27(34)25(22)33)28-30-18-10-9-17(29)13-21(18)38-28/h5-13,23,32H,1-4H3/t23-/m1/s1. The molecule has 1 aromatic heterocycles. The summed E-state index contributed by atoms with van der Waals surface area (Å²) in [6.45, 7) is 1.90. The lowest BCUT2D eigenvalue weighted by Crippen LogP contribution is -2.29. The number of fused-ring (bicyclic) bond motifs is 1. The molecule has 8 nitrogen and oxygen atoms in total. The first kappa shape index (κ1) is 25.2. The van der Waals surface area contributed by atoms with E-state index in [1.807, 2.05) is 6.92 Å². The number of aromatic nitrogens is 1. The fourth-order valence-electron chi connectivity index (χ4n) is 4.46. The van der Waals surface area contributed by atoms with Gasteiger partial charge in [0.15, 0.2) is 16.6 Å². The van der Waals surface area contributed by atoms with Crippen molar-refractivity contribution in [3.05, 3.63) is 82.7 Å². The number of methoxy groups -OCH3 is 3. The maximum absolute atomic E-state index is 13.9. The number of benzene rings is 3. The number of Topliss-reactive ketones (excluding diaryl/α,β-unsaturated/α-hetero) is 1. The number of hydrogen-bond acceptors (Lipinski definition) is 8. The molecule has 0 radical (unpaired) electrons. The molecule has 1 saturated heterocycles. The third kappa shape index (κ3) is 4.12. The van der Waals surface area contributed by atoms with Crippen LogP contribution in [0.15, 0.2) is 60.2 Å². The Morgan fingerprint density at radius 3 is 2.24 bits per heavy atom. The molecule has 4 aromatic rings. The Balaban J connectivity index is 1.78.